The van der Waals surface area contributed by atoms with Gasteiger partial charge in [0.15, 0.2) is 0 Å². The quantitative estimate of drug-likeness (QED) is 0.387. The number of hydrogen-bond donors (Lipinski definition) is 1. The van der Waals surface area contributed by atoms with Crippen LogP contribution in [0.2, 0.25) is 0 Å². The molecule has 1 aliphatic heterocycles. The molecule has 0 radical (unpaired) electrons. The van der Waals surface area contributed by atoms with Gasteiger partial charge in [0, 0.05) is 54.9 Å². The monoisotopic (exact) mass is 493 g/mol. The number of hydrogen-bond acceptors (Lipinski definition) is 5. The van der Waals surface area contributed by atoms with Gasteiger partial charge in [-0.2, -0.15) is 10.2 Å². The number of morpholine rings is 1. The summed E-state index contributed by atoms with van der Waals surface area (Å²) in [6.07, 6.45) is 4.91. The van der Waals surface area contributed by atoms with Crippen molar-refractivity contribution in [3.8, 4) is 17.0 Å². The Labute approximate surface area is 208 Å². The van der Waals surface area contributed by atoms with Crippen molar-refractivity contribution >= 4 is 5.52 Å². The molecule has 4 heterocycles. The van der Waals surface area contributed by atoms with E-state index in [0.29, 0.717) is 11.8 Å². The molecule has 188 valence electrons. The van der Waals surface area contributed by atoms with Crippen LogP contribution in [0.3, 0.4) is 0 Å². The summed E-state index contributed by atoms with van der Waals surface area (Å²) in [5.41, 5.74) is 6.02. The topological polar surface area (TPSA) is 67.7 Å². The zero-order chi connectivity index (χ0) is 24.6. The molecule has 0 spiro atoms. The van der Waals surface area contributed by atoms with E-state index in [1.807, 2.05) is 19.2 Å². The minimum Gasteiger partial charge on any atom is -0.473 e. The summed E-state index contributed by atoms with van der Waals surface area (Å²) in [5, 5.41) is 12.6. The molecule has 0 amide bonds. The van der Waals surface area contributed by atoms with Gasteiger partial charge in [0.05, 0.1) is 36.2 Å². The Morgan fingerprint density at radius 1 is 1.14 bits per heavy atom. The molecule has 1 N–H and O–H groups in total. The van der Waals surface area contributed by atoms with E-state index in [9.17, 15) is 8.78 Å². The molecule has 2 fully saturated rings. The molecule has 36 heavy (non-hydrogen) atoms. The number of benzene rings is 1. The van der Waals surface area contributed by atoms with Crippen LogP contribution in [0.15, 0.2) is 36.5 Å². The number of halogens is 2. The summed E-state index contributed by atoms with van der Waals surface area (Å²) in [5.74, 6) is -0.401. The van der Waals surface area contributed by atoms with E-state index in [1.165, 1.54) is 18.2 Å². The van der Waals surface area contributed by atoms with Crippen molar-refractivity contribution in [3.05, 3.63) is 70.7 Å². The second kappa shape index (κ2) is 9.63. The molecule has 0 bridgehead atoms. The first-order valence-electron chi connectivity index (χ1n) is 12.5. The van der Waals surface area contributed by atoms with Gasteiger partial charge in [0.25, 0.3) is 0 Å². The highest BCUT2D eigenvalue weighted by Gasteiger charge is 2.32. The summed E-state index contributed by atoms with van der Waals surface area (Å²) in [6, 6.07) is 7.77. The van der Waals surface area contributed by atoms with Crippen molar-refractivity contribution in [2.24, 2.45) is 0 Å². The number of rotatable bonds is 8. The smallest absolute Gasteiger partial charge is 0.215 e. The molecule has 4 aromatic rings. The Morgan fingerprint density at radius 3 is 2.67 bits per heavy atom. The van der Waals surface area contributed by atoms with Gasteiger partial charge in [-0.3, -0.25) is 10.00 Å². The average molecular weight is 494 g/mol. The van der Waals surface area contributed by atoms with E-state index in [-0.39, 0.29) is 12.2 Å². The standard InChI is InChI=1S/C27H29F2N5O2/c1-17-13-24-26(19-15-30-31-23(19)7-8-33-9-11-35-12-10-33)27(18-5-6-18)32-34(24)25(14-17)36-16-20-21(28)3-2-4-22(20)29/h2-4,13-15,18H,5-12,16H2,1H3,(H,30,31). The Hall–Kier alpha value is -3.30. The first kappa shape index (κ1) is 23.1. The third kappa shape index (κ3) is 4.49. The van der Waals surface area contributed by atoms with E-state index in [2.05, 4.69) is 21.2 Å². The predicted molar refractivity (Wildman–Crippen MR) is 131 cm³/mol. The average Bonchev–Trinajstić information content (AvgIpc) is 3.50. The van der Waals surface area contributed by atoms with Crippen LogP contribution in [-0.2, 0) is 17.8 Å². The Morgan fingerprint density at radius 2 is 1.92 bits per heavy atom. The highest BCUT2D eigenvalue weighted by molar-refractivity contribution is 5.85. The van der Waals surface area contributed by atoms with E-state index in [0.717, 1.165) is 85.7 Å². The fourth-order valence-electron chi connectivity index (χ4n) is 4.91. The fourth-order valence-corrected chi connectivity index (χ4v) is 4.91. The molecule has 2 aliphatic rings. The lowest BCUT2D eigenvalue weighted by Gasteiger charge is -2.26. The van der Waals surface area contributed by atoms with Crippen molar-refractivity contribution in [1.29, 1.82) is 0 Å². The van der Waals surface area contributed by atoms with Gasteiger partial charge in [-0.05, 0) is 43.5 Å². The number of H-pyrrole nitrogens is 1. The van der Waals surface area contributed by atoms with Gasteiger partial charge in [0.2, 0.25) is 5.88 Å². The SMILES string of the molecule is Cc1cc(OCc2c(F)cccc2F)n2nc(C3CC3)c(-c3cn[nH]c3CCN3CCOCC3)c2c1. The zero-order valence-corrected chi connectivity index (χ0v) is 20.3. The number of fused-ring (bicyclic) bond motifs is 1. The van der Waals surface area contributed by atoms with Crippen LogP contribution in [-0.4, -0.2) is 57.6 Å². The van der Waals surface area contributed by atoms with Crippen molar-refractivity contribution < 1.29 is 18.3 Å². The molecule has 9 heteroatoms. The highest BCUT2D eigenvalue weighted by atomic mass is 19.1. The van der Waals surface area contributed by atoms with Crippen LogP contribution >= 0.6 is 0 Å². The second-order valence-corrected chi connectivity index (χ2v) is 9.66. The number of pyridine rings is 1. The molecule has 3 aromatic heterocycles. The van der Waals surface area contributed by atoms with Gasteiger partial charge in [-0.15, -0.1) is 0 Å². The van der Waals surface area contributed by atoms with Crippen LogP contribution in [0.5, 0.6) is 5.88 Å². The van der Waals surface area contributed by atoms with Crippen molar-refractivity contribution in [2.75, 3.05) is 32.8 Å². The molecule has 0 unspecified atom stereocenters. The molecule has 1 aromatic carbocycles. The van der Waals surface area contributed by atoms with E-state index < -0.39 is 11.6 Å². The van der Waals surface area contributed by atoms with Crippen molar-refractivity contribution in [3.63, 3.8) is 0 Å². The molecule has 0 atom stereocenters. The summed E-state index contributed by atoms with van der Waals surface area (Å²) in [7, 11) is 0. The van der Waals surface area contributed by atoms with Crippen LogP contribution < -0.4 is 4.74 Å². The zero-order valence-electron chi connectivity index (χ0n) is 20.3. The molecule has 6 rings (SSSR count). The maximum absolute atomic E-state index is 14.2. The minimum atomic E-state index is -0.623. The first-order chi connectivity index (χ1) is 17.6. The minimum absolute atomic E-state index is 0.0952. The predicted octanol–water partition coefficient (Wildman–Crippen LogP) is 4.64. The van der Waals surface area contributed by atoms with Crippen LogP contribution in [0.25, 0.3) is 16.6 Å². The molecule has 7 nitrogen and oxygen atoms in total. The summed E-state index contributed by atoms with van der Waals surface area (Å²) in [4.78, 5) is 2.41. The number of ether oxygens (including phenoxy) is 2. The molecule has 1 saturated heterocycles. The van der Waals surface area contributed by atoms with Crippen LogP contribution in [0, 0.1) is 18.6 Å². The van der Waals surface area contributed by atoms with Crippen LogP contribution in [0.4, 0.5) is 8.78 Å². The number of aromatic amines is 1. The first-order valence-corrected chi connectivity index (χ1v) is 12.5. The number of nitrogens with zero attached hydrogens (tertiary/aromatic N) is 4. The summed E-state index contributed by atoms with van der Waals surface area (Å²) < 4.78 is 41.6. The lowest BCUT2D eigenvalue weighted by Crippen LogP contribution is -2.37. The summed E-state index contributed by atoms with van der Waals surface area (Å²) >= 11 is 0. The highest BCUT2D eigenvalue weighted by Crippen LogP contribution is 2.46. The van der Waals surface area contributed by atoms with E-state index in [4.69, 9.17) is 14.6 Å². The Balaban J connectivity index is 1.36. The van der Waals surface area contributed by atoms with E-state index >= 15 is 0 Å². The van der Waals surface area contributed by atoms with Gasteiger partial charge in [-0.25, -0.2) is 13.3 Å². The van der Waals surface area contributed by atoms with Gasteiger partial charge in [-0.1, -0.05) is 6.07 Å². The Bertz CT molecular complexity index is 1370. The van der Waals surface area contributed by atoms with E-state index in [1.54, 1.807) is 4.52 Å². The number of aryl methyl sites for hydroxylation is 1. The van der Waals surface area contributed by atoms with Gasteiger partial charge < -0.3 is 9.47 Å². The molecule has 1 saturated carbocycles. The third-order valence-corrected chi connectivity index (χ3v) is 7.03. The van der Waals surface area contributed by atoms with Crippen molar-refractivity contribution in [2.45, 2.75) is 38.7 Å². The Kier molecular flexibility index (Phi) is 6.18. The summed E-state index contributed by atoms with van der Waals surface area (Å²) in [6.45, 7) is 6.12. The van der Waals surface area contributed by atoms with Gasteiger partial charge in [0.1, 0.15) is 18.2 Å². The normalized spacial score (nSPS) is 16.6. The number of nitrogens with one attached hydrogen (secondary N) is 1. The van der Waals surface area contributed by atoms with Crippen LogP contribution in [0.1, 0.15) is 41.3 Å². The van der Waals surface area contributed by atoms with Gasteiger partial charge >= 0.3 is 0 Å². The maximum atomic E-state index is 14.2. The fraction of sp³-hybridized carbons (Fsp3) is 0.407. The lowest BCUT2D eigenvalue weighted by atomic mass is 10.0. The van der Waals surface area contributed by atoms with Crippen molar-refractivity contribution in [1.82, 2.24) is 24.7 Å². The lowest BCUT2D eigenvalue weighted by molar-refractivity contribution is 0.0383. The maximum Gasteiger partial charge on any atom is 0.215 e. The molecular weight excluding hydrogens is 464 g/mol. The second-order valence-electron chi connectivity index (χ2n) is 9.66. The molecular formula is C27H29F2N5O2. The molecule has 1 aliphatic carbocycles. The largest absolute Gasteiger partial charge is 0.473 e. The third-order valence-electron chi connectivity index (χ3n) is 7.03. The number of aromatic nitrogens is 4.